The summed E-state index contributed by atoms with van der Waals surface area (Å²) in [4.78, 5) is 38.5. The van der Waals surface area contributed by atoms with Crippen LogP contribution in [-0.2, 0) is 42.8 Å². The summed E-state index contributed by atoms with van der Waals surface area (Å²) in [5, 5.41) is 136. The number of hydrogen-bond donors (Lipinski definition) is 14. The second-order valence-electron chi connectivity index (χ2n) is 25.0. The molecule has 0 aromatic heterocycles. The highest BCUT2D eigenvalue weighted by Gasteiger charge is 2.60. The smallest absolute Gasteiger partial charge is 0.364 e. The lowest BCUT2D eigenvalue weighted by Crippen LogP contribution is -2.70. The summed E-state index contributed by atoms with van der Waals surface area (Å²) in [6.07, 6.45) is 14.0. The number of hydrogen-bond acceptors (Lipinski definition) is 20. The highest BCUT2D eigenvalue weighted by Crippen LogP contribution is 2.39. The summed E-state index contributed by atoms with van der Waals surface area (Å²) in [7, 11) is 0. The second-order valence-corrected chi connectivity index (χ2v) is 25.0. The first-order valence-electron chi connectivity index (χ1n) is 34.1. The van der Waals surface area contributed by atoms with Crippen LogP contribution in [-0.4, -0.2) is 215 Å². The van der Waals surface area contributed by atoms with Crippen LogP contribution in [0, 0.1) is 0 Å². The maximum Gasteiger partial charge on any atom is 0.364 e. The first-order chi connectivity index (χ1) is 42.4. The van der Waals surface area contributed by atoms with Gasteiger partial charge in [-0.05, 0) is 19.3 Å². The molecule has 0 aromatic carbocycles. The van der Waals surface area contributed by atoms with Crippen molar-refractivity contribution in [2.24, 2.45) is 0 Å². The lowest BCUT2D eigenvalue weighted by atomic mass is 9.88. The van der Waals surface area contributed by atoms with Crippen LogP contribution < -0.4 is 10.6 Å². The quantitative estimate of drug-likeness (QED) is 0.0264. The Bertz CT molecular complexity index is 1840. The van der Waals surface area contributed by atoms with Gasteiger partial charge in [-0.1, -0.05) is 219 Å². The van der Waals surface area contributed by atoms with Gasteiger partial charge < -0.3 is 100 Å². The van der Waals surface area contributed by atoms with Crippen molar-refractivity contribution in [3.8, 4) is 0 Å². The summed E-state index contributed by atoms with van der Waals surface area (Å²) >= 11 is 0. The maximum absolute atomic E-state index is 13.4. The fourth-order valence-electron chi connectivity index (χ4n) is 12.0. The molecule has 2 amide bonds. The van der Waals surface area contributed by atoms with Gasteiger partial charge in [-0.25, -0.2) is 4.79 Å². The number of aliphatic carboxylic acids is 1. The Morgan fingerprint density at radius 2 is 1.06 bits per heavy atom. The van der Waals surface area contributed by atoms with E-state index in [1.54, 1.807) is 6.08 Å². The van der Waals surface area contributed by atoms with Crippen LogP contribution >= 0.6 is 0 Å². The van der Waals surface area contributed by atoms with Gasteiger partial charge in [-0.15, -0.1) is 0 Å². The number of carboxylic acid groups (broad SMARTS) is 1. The lowest BCUT2D eigenvalue weighted by molar-refractivity contribution is -0.386. The first-order valence-corrected chi connectivity index (χ1v) is 34.1. The standard InChI is InChI=1S/C65H120N2O21/c1-4-6-8-10-12-14-16-18-20-21-22-23-25-27-29-31-33-35-37-39-52(75)67-46(47(72)38-36-34-32-30-28-26-24-19-17-15-13-11-9-7-5-2)44-83-62-57(79)56(78)59(51(43-70)85-62)86-63-58(80)61(55(77)50(42-69)84-63)88-65(64(81)82)40-48(73)53(66-45(3)71)60(87-65)54(76)49(74)41-68/h36,38,46-51,53-63,68-70,72-74,76-80H,4-35,37,39-44H2,1-3H3,(H,66,71)(H,67,75)(H,81,82)/b38-36+. The summed E-state index contributed by atoms with van der Waals surface area (Å²) in [6, 6.07) is -2.61. The van der Waals surface area contributed by atoms with E-state index in [1.807, 2.05) is 6.08 Å². The molecular weight excluding hydrogens is 1140 g/mol. The molecule has 0 spiro atoms. The molecule has 14 N–H and O–H groups in total. The molecule has 0 saturated carbocycles. The SMILES string of the molecule is CCCCCCCCCCCCCCC/C=C/C(O)C(COC1OC(CO)C(OC2OC(CO)C(O)C(OC3(C(=O)O)CC(O)C(NC(C)=O)C(C(O)C(O)CO)O3)C2O)C(O)C1O)NC(=O)CCCCCCCCCCCCCCCCCCCCC. The van der Waals surface area contributed by atoms with Crippen molar-refractivity contribution in [2.75, 3.05) is 26.4 Å². The second kappa shape index (κ2) is 46.5. The number of aliphatic hydroxyl groups excluding tert-OH is 11. The Hall–Kier alpha value is -2.53. The van der Waals surface area contributed by atoms with Gasteiger partial charge in [0.05, 0.1) is 50.7 Å². The van der Waals surface area contributed by atoms with E-state index in [0.29, 0.717) is 12.8 Å². The molecule has 88 heavy (non-hydrogen) atoms. The zero-order valence-corrected chi connectivity index (χ0v) is 53.6. The average molecular weight is 1270 g/mol. The molecule has 23 nitrogen and oxygen atoms in total. The third-order valence-electron chi connectivity index (χ3n) is 17.5. The highest BCUT2D eigenvalue weighted by atomic mass is 16.8. The minimum Gasteiger partial charge on any atom is -0.477 e. The molecule has 0 radical (unpaired) electrons. The fraction of sp³-hybridized carbons (Fsp3) is 0.923. The van der Waals surface area contributed by atoms with Crippen LogP contribution in [0.1, 0.15) is 245 Å². The fourth-order valence-corrected chi connectivity index (χ4v) is 12.0. The van der Waals surface area contributed by atoms with Crippen molar-refractivity contribution >= 4 is 17.8 Å². The normalized spacial score (nSPS) is 29.0. The van der Waals surface area contributed by atoms with E-state index in [9.17, 15) is 75.7 Å². The Balaban J connectivity index is 1.61. The van der Waals surface area contributed by atoms with Crippen molar-refractivity contribution in [3.05, 3.63) is 12.2 Å². The molecule has 3 heterocycles. The van der Waals surface area contributed by atoms with E-state index in [-0.39, 0.29) is 12.3 Å². The van der Waals surface area contributed by atoms with Gasteiger partial charge in [0.15, 0.2) is 12.6 Å². The first kappa shape index (κ1) is 79.7. The third kappa shape index (κ3) is 29.2. The van der Waals surface area contributed by atoms with Crippen LogP contribution in [0.25, 0.3) is 0 Å². The molecule has 3 aliphatic rings. The highest BCUT2D eigenvalue weighted by molar-refractivity contribution is 5.77. The number of carbonyl (C=O) groups is 3. The van der Waals surface area contributed by atoms with Crippen molar-refractivity contribution in [1.29, 1.82) is 0 Å². The Kier molecular flexibility index (Phi) is 42.1. The summed E-state index contributed by atoms with van der Waals surface area (Å²) in [5.74, 6) is -6.14. The molecule has 3 fully saturated rings. The van der Waals surface area contributed by atoms with Crippen molar-refractivity contribution in [2.45, 2.75) is 355 Å². The number of rotatable bonds is 51. The maximum atomic E-state index is 13.4. The molecule has 3 rings (SSSR count). The van der Waals surface area contributed by atoms with E-state index in [0.717, 1.165) is 51.9 Å². The van der Waals surface area contributed by atoms with Crippen LogP contribution in [0.4, 0.5) is 0 Å². The van der Waals surface area contributed by atoms with E-state index < -0.39 is 155 Å². The monoisotopic (exact) mass is 1260 g/mol. The van der Waals surface area contributed by atoms with Gasteiger partial charge in [-0.3, -0.25) is 9.59 Å². The largest absolute Gasteiger partial charge is 0.477 e. The van der Waals surface area contributed by atoms with E-state index in [4.69, 9.17) is 28.4 Å². The molecule has 18 unspecified atom stereocenters. The molecule has 0 bridgehead atoms. The number of carboxylic acids is 1. The Labute approximate surface area is 524 Å². The van der Waals surface area contributed by atoms with Gasteiger partial charge in [0.2, 0.25) is 11.8 Å². The van der Waals surface area contributed by atoms with Gasteiger partial charge in [-0.2, -0.15) is 0 Å². The minimum atomic E-state index is -3.08. The number of aliphatic hydroxyl groups is 11. The lowest BCUT2D eigenvalue weighted by Gasteiger charge is -2.50. The molecule has 0 aliphatic carbocycles. The van der Waals surface area contributed by atoms with E-state index in [2.05, 4.69) is 24.5 Å². The zero-order valence-electron chi connectivity index (χ0n) is 53.6. The molecule has 3 aliphatic heterocycles. The molecule has 23 heteroatoms. The van der Waals surface area contributed by atoms with E-state index >= 15 is 0 Å². The topological polar surface area (TPSA) is 373 Å². The summed E-state index contributed by atoms with van der Waals surface area (Å²) in [6.45, 7) is 2.14. The third-order valence-corrected chi connectivity index (χ3v) is 17.5. The van der Waals surface area contributed by atoms with Gasteiger partial charge in [0.25, 0.3) is 5.79 Å². The minimum absolute atomic E-state index is 0.205. The van der Waals surface area contributed by atoms with Crippen molar-refractivity contribution in [3.63, 3.8) is 0 Å². The molecule has 3 saturated heterocycles. The summed E-state index contributed by atoms with van der Waals surface area (Å²) < 4.78 is 34.8. The molecule has 516 valence electrons. The Morgan fingerprint density at radius 3 is 1.51 bits per heavy atom. The van der Waals surface area contributed by atoms with Crippen LogP contribution in [0.2, 0.25) is 0 Å². The van der Waals surface area contributed by atoms with Crippen LogP contribution in [0.5, 0.6) is 0 Å². The van der Waals surface area contributed by atoms with Crippen molar-refractivity contribution < 1.29 is 104 Å². The number of carbonyl (C=O) groups excluding carboxylic acids is 2. The van der Waals surface area contributed by atoms with Crippen LogP contribution in [0.15, 0.2) is 12.2 Å². The van der Waals surface area contributed by atoms with Crippen LogP contribution in [0.3, 0.4) is 0 Å². The van der Waals surface area contributed by atoms with E-state index in [1.165, 1.54) is 154 Å². The van der Waals surface area contributed by atoms with Gasteiger partial charge in [0, 0.05) is 19.8 Å². The average Bonchev–Trinajstić information content (AvgIpc) is 1.24. The Morgan fingerprint density at radius 1 is 0.591 bits per heavy atom. The zero-order chi connectivity index (χ0) is 64.7. The number of nitrogens with one attached hydrogen (secondary N) is 2. The molecular formula is C65H120N2O21. The number of allylic oxidation sites excluding steroid dienone is 1. The number of unbranched alkanes of at least 4 members (excludes halogenated alkanes) is 31. The molecule has 0 aromatic rings. The molecule has 18 atom stereocenters. The number of amides is 2. The summed E-state index contributed by atoms with van der Waals surface area (Å²) in [5.41, 5.74) is 0. The number of ether oxygens (including phenoxy) is 6. The predicted octanol–water partition coefficient (Wildman–Crippen LogP) is 5.51. The van der Waals surface area contributed by atoms with Gasteiger partial charge in [0.1, 0.15) is 67.1 Å². The predicted molar refractivity (Wildman–Crippen MR) is 329 cm³/mol. The van der Waals surface area contributed by atoms with Crippen molar-refractivity contribution in [1.82, 2.24) is 10.6 Å². The van der Waals surface area contributed by atoms with Gasteiger partial charge >= 0.3 is 5.97 Å².